The number of aromatic nitrogens is 2. The molecule has 4 nitrogen and oxygen atoms in total. The van der Waals surface area contributed by atoms with Crippen molar-refractivity contribution < 1.29 is 4.74 Å². The molecule has 18 heavy (non-hydrogen) atoms. The third-order valence-corrected chi connectivity index (χ3v) is 2.60. The van der Waals surface area contributed by atoms with Crippen molar-refractivity contribution in [3.05, 3.63) is 48.3 Å². The minimum atomic E-state index is 0.746. The van der Waals surface area contributed by atoms with Crippen molar-refractivity contribution in [3.8, 4) is 5.69 Å². The minimum absolute atomic E-state index is 0.746. The number of ether oxygens (including phenoxy) is 1. The number of para-hydroxylation sites is 1. The van der Waals surface area contributed by atoms with Crippen molar-refractivity contribution in [1.29, 1.82) is 0 Å². The number of hydrogen-bond acceptors (Lipinski definition) is 3. The lowest BCUT2D eigenvalue weighted by molar-refractivity contribution is 0.149. The second-order valence-electron chi connectivity index (χ2n) is 3.96. The molecule has 2 rings (SSSR count). The first-order valence-corrected chi connectivity index (χ1v) is 6.28. The molecule has 0 aliphatic heterocycles. The van der Waals surface area contributed by atoms with E-state index in [9.17, 15) is 0 Å². The highest BCUT2D eigenvalue weighted by Crippen LogP contribution is 2.06. The first-order valence-electron chi connectivity index (χ1n) is 6.28. The van der Waals surface area contributed by atoms with Gasteiger partial charge in [-0.2, -0.15) is 5.10 Å². The predicted molar refractivity (Wildman–Crippen MR) is 71.8 cm³/mol. The van der Waals surface area contributed by atoms with Gasteiger partial charge < -0.3 is 10.1 Å². The summed E-state index contributed by atoms with van der Waals surface area (Å²) in [6.45, 7) is 5.14. The number of nitrogens with one attached hydrogen (secondary N) is 1. The molecule has 0 saturated heterocycles. The van der Waals surface area contributed by atoms with E-state index in [2.05, 4.69) is 10.4 Å². The SMILES string of the molecule is CCOCCNCc1ccn(-c2ccccc2)n1. The molecule has 1 aromatic carbocycles. The first-order chi connectivity index (χ1) is 8.90. The number of rotatable bonds is 7. The van der Waals surface area contributed by atoms with E-state index in [0.717, 1.165) is 37.7 Å². The summed E-state index contributed by atoms with van der Waals surface area (Å²) < 4.78 is 7.15. The summed E-state index contributed by atoms with van der Waals surface area (Å²) in [5.74, 6) is 0. The third-order valence-electron chi connectivity index (χ3n) is 2.60. The highest BCUT2D eigenvalue weighted by molar-refractivity contribution is 5.30. The lowest BCUT2D eigenvalue weighted by atomic mass is 10.3. The standard InChI is InChI=1S/C14H19N3O/c1-2-18-11-9-15-12-13-8-10-17(16-13)14-6-4-3-5-7-14/h3-8,10,15H,2,9,11-12H2,1H3. The van der Waals surface area contributed by atoms with Gasteiger partial charge in [0, 0.05) is 25.9 Å². The lowest BCUT2D eigenvalue weighted by Crippen LogP contribution is -2.19. The van der Waals surface area contributed by atoms with Gasteiger partial charge in [-0.05, 0) is 25.1 Å². The normalized spacial score (nSPS) is 10.7. The van der Waals surface area contributed by atoms with Gasteiger partial charge in [0.2, 0.25) is 0 Å². The molecule has 1 aromatic heterocycles. The Hall–Kier alpha value is -1.65. The zero-order valence-electron chi connectivity index (χ0n) is 10.7. The molecule has 1 heterocycles. The second-order valence-corrected chi connectivity index (χ2v) is 3.96. The van der Waals surface area contributed by atoms with E-state index in [1.54, 1.807) is 0 Å². The quantitative estimate of drug-likeness (QED) is 0.758. The molecule has 96 valence electrons. The van der Waals surface area contributed by atoms with Crippen LogP contribution >= 0.6 is 0 Å². The Bertz CT molecular complexity index is 453. The Morgan fingerprint density at radius 2 is 2.06 bits per heavy atom. The van der Waals surface area contributed by atoms with Crippen LogP contribution in [0, 0.1) is 0 Å². The number of benzene rings is 1. The van der Waals surface area contributed by atoms with Gasteiger partial charge in [0.05, 0.1) is 18.0 Å². The molecular weight excluding hydrogens is 226 g/mol. The lowest BCUT2D eigenvalue weighted by Gasteiger charge is -2.03. The fourth-order valence-corrected chi connectivity index (χ4v) is 1.69. The summed E-state index contributed by atoms with van der Waals surface area (Å²) in [6.07, 6.45) is 1.98. The van der Waals surface area contributed by atoms with Crippen molar-refractivity contribution in [2.45, 2.75) is 13.5 Å². The zero-order valence-corrected chi connectivity index (χ0v) is 10.7. The summed E-state index contributed by atoms with van der Waals surface area (Å²) in [6, 6.07) is 12.1. The molecule has 0 bridgehead atoms. The van der Waals surface area contributed by atoms with Crippen LogP contribution in [-0.4, -0.2) is 29.5 Å². The average molecular weight is 245 g/mol. The van der Waals surface area contributed by atoms with Crippen molar-refractivity contribution in [2.24, 2.45) is 0 Å². The van der Waals surface area contributed by atoms with Crippen LogP contribution < -0.4 is 5.32 Å². The maximum atomic E-state index is 5.26. The van der Waals surface area contributed by atoms with E-state index >= 15 is 0 Å². The highest BCUT2D eigenvalue weighted by atomic mass is 16.5. The van der Waals surface area contributed by atoms with Crippen LogP contribution in [0.3, 0.4) is 0 Å². The molecule has 0 atom stereocenters. The van der Waals surface area contributed by atoms with E-state index in [4.69, 9.17) is 4.74 Å². The molecule has 0 unspecified atom stereocenters. The van der Waals surface area contributed by atoms with Crippen molar-refractivity contribution >= 4 is 0 Å². The summed E-state index contributed by atoms with van der Waals surface area (Å²) in [5.41, 5.74) is 2.12. The van der Waals surface area contributed by atoms with Crippen molar-refractivity contribution in [3.63, 3.8) is 0 Å². The largest absolute Gasteiger partial charge is 0.380 e. The molecule has 0 aliphatic carbocycles. The minimum Gasteiger partial charge on any atom is -0.380 e. The van der Waals surface area contributed by atoms with Gasteiger partial charge in [0.25, 0.3) is 0 Å². The van der Waals surface area contributed by atoms with Gasteiger partial charge in [-0.3, -0.25) is 0 Å². The van der Waals surface area contributed by atoms with E-state index in [1.165, 1.54) is 0 Å². The molecule has 0 spiro atoms. The van der Waals surface area contributed by atoms with Crippen molar-refractivity contribution in [2.75, 3.05) is 19.8 Å². The van der Waals surface area contributed by atoms with E-state index < -0.39 is 0 Å². The molecule has 1 N–H and O–H groups in total. The topological polar surface area (TPSA) is 39.1 Å². The van der Waals surface area contributed by atoms with Crippen LogP contribution in [0.15, 0.2) is 42.6 Å². The molecule has 0 radical (unpaired) electrons. The van der Waals surface area contributed by atoms with E-state index in [-0.39, 0.29) is 0 Å². The average Bonchev–Trinajstić information content (AvgIpc) is 2.88. The van der Waals surface area contributed by atoms with Gasteiger partial charge in [0.1, 0.15) is 0 Å². The summed E-state index contributed by atoms with van der Waals surface area (Å²) in [7, 11) is 0. The smallest absolute Gasteiger partial charge is 0.0766 e. The molecule has 4 heteroatoms. The first kappa shape index (κ1) is 12.8. The zero-order chi connectivity index (χ0) is 12.6. The highest BCUT2D eigenvalue weighted by Gasteiger charge is 2.00. The molecule has 2 aromatic rings. The maximum Gasteiger partial charge on any atom is 0.0766 e. The van der Waals surface area contributed by atoms with E-state index in [0.29, 0.717) is 0 Å². The Morgan fingerprint density at radius 1 is 1.22 bits per heavy atom. The van der Waals surface area contributed by atoms with Crippen LogP contribution in [-0.2, 0) is 11.3 Å². The Morgan fingerprint density at radius 3 is 2.83 bits per heavy atom. The van der Waals surface area contributed by atoms with Crippen LogP contribution in [0.4, 0.5) is 0 Å². The van der Waals surface area contributed by atoms with Gasteiger partial charge in [-0.15, -0.1) is 0 Å². The number of nitrogens with zero attached hydrogens (tertiary/aromatic N) is 2. The molecule has 0 fully saturated rings. The molecule has 0 saturated carbocycles. The summed E-state index contributed by atoms with van der Waals surface area (Å²) in [5, 5.41) is 7.81. The molecule has 0 aliphatic rings. The van der Waals surface area contributed by atoms with Crippen LogP contribution in [0.25, 0.3) is 5.69 Å². The van der Waals surface area contributed by atoms with Gasteiger partial charge in [0.15, 0.2) is 0 Å². The Kier molecular flexibility index (Phi) is 4.93. The number of hydrogen-bond donors (Lipinski definition) is 1. The fourth-order valence-electron chi connectivity index (χ4n) is 1.69. The summed E-state index contributed by atoms with van der Waals surface area (Å²) >= 11 is 0. The van der Waals surface area contributed by atoms with E-state index in [1.807, 2.05) is 54.2 Å². The van der Waals surface area contributed by atoms with Crippen LogP contribution in [0.2, 0.25) is 0 Å². The van der Waals surface area contributed by atoms with Gasteiger partial charge in [-0.25, -0.2) is 4.68 Å². The van der Waals surface area contributed by atoms with Gasteiger partial charge >= 0.3 is 0 Å². The summed E-state index contributed by atoms with van der Waals surface area (Å²) in [4.78, 5) is 0. The molecule has 0 amide bonds. The third kappa shape index (κ3) is 3.68. The maximum absolute atomic E-state index is 5.26. The monoisotopic (exact) mass is 245 g/mol. The van der Waals surface area contributed by atoms with Crippen LogP contribution in [0.5, 0.6) is 0 Å². The van der Waals surface area contributed by atoms with Crippen LogP contribution in [0.1, 0.15) is 12.6 Å². The second kappa shape index (κ2) is 6.93. The van der Waals surface area contributed by atoms with Gasteiger partial charge in [-0.1, -0.05) is 18.2 Å². The molecular formula is C14H19N3O. The predicted octanol–water partition coefficient (Wildman–Crippen LogP) is 2.00. The Balaban J connectivity index is 1.83. The Labute approximate surface area is 108 Å². The fraction of sp³-hybridized carbons (Fsp3) is 0.357. The van der Waals surface area contributed by atoms with Crippen molar-refractivity contribution in [1.82, 2.24) is 15.1 Å².